The van der Waals surface area contributed by atoms with Crippen LogP contribution in [0.5, 0.6) is 5.75 Å². The molecule has 4 heterocycles. The summed E-state index contributed by atoms with van der Waals surface area (Å²) in [5.74, 6) is -0.209. The molecule has 2 saturated heterocycles. The predicted molar refractivity (Wildman–Crippen MR) is 163 cm³/mol. The number of aromatic nitrogens is 3. The van der Waals surface area contributed by atoms with Crippen molar-refractivity contribution in [3.8, 4) is 17.0 Å². The number of nitrogens with zero attached hydrogens (tertiary/aromatic N) is 5. The van der Waals surface area contributed by atoms with Crippen molar-refractivity contribution in [1.82, 2.24) is 29.5 Å². The first kappa shape index (κ1) is 31.1. The molecule has 4 aromatic rings. The lowest BCUT2D eigenvalue weighted by atomic mass is 10.1. The number of nitrogens with one attached hydrogen (secondary N) is 2. The first-order valence-electron chi connectivity index (χ1n) is 14.0. The fourth-order valence-electron chi connectivity index (χ4n) is 5.61. The van der Waals surface area contributed by atoms with Gasteiger partial charge in [0.1, 0.15) is 12.1 Å². The summed E-state index contributed by atoms with van der Waals surface area (Å²) in [7, 11) is 1.42. The average Bonchev–Trinajstić information content (AvgIpc) is 3.60. The standard InChI is InChI=1S/C30H32FN7O5.ClH/c1-17-13-19(35-27-28-34-15-22(38(28)8-7-32-27)18-3-6-24(43-2)21(31)14-18)4-5-20(17)29(41)36-9-11-37(12-10-36)30(42)25-26(40)23(39)16-33-25;/h3-8,13-15,23,25-26,33,39-40H,9-12,16H2,1-2H3,(H,32,35);1H/t23-,25-,26-;/m0./s1. The van der Waals surface area contributed by atoms with Crippen molar-refractivity contribution in [3.63, 3.8) is 0 Å². The summed E-state index contributed by atoms with van der Waals surface area (Å²) in [6, 6.07) is 9.31. The number of imidazole rings is 1. The van der Waals surface area contributed by atoms with E-state index in [0.29, 0.717) is 54.5 Å². The number of carbonyl (C=O) groups is 2. The predicted octanol–water partition coefficient (Wildman–Crippen LogP) is 2.00. The molecular weight excluding hydrogens is 593 g/mol. The minimum Gasteiger partial charge on any atom is -0.494 e. The molecule has 44 heavy (non-hydrogen) atoms. The molecule has 2 fully saturated rings. The zero-order valence-corrected chi connectivity index (χ0v) is 24.9. The average molecular weight is 626 g/mol. The molecule has 12 nitrogen and oxygen atoms in total. The number of halogens is 2. The fourth-order valence-corrected chi connectivity index (χ4v) is 5.61. The Bertz CT molecular complexity index is 1690. The quantitative estimate of drug-likeness (QED) is 0.253. The van der Waals surface area contributed by atoms with Crippen LogP contribution in [0.25, 0.3) is 16.9 Å². The SMILES string of the molecule is COc1ccc(-c2cnc3c(Nc4ccc(C(=O)N5CCN(C(=O)[C@H]6NC[C@H](O)[C@@H]6O)CC5)c(C)c4)nccn23)cc1F.Cl. The molecule has 0 spiro atoms. The number of rotatable bonds is 6. The van der Waals surface area contributed by atoms with Gasteiger partial charge in [0.25, 0.3) is 5.91 Å². The van der Waals surface area contributed by atoms with E-state index < -0.39 is 24.1 Å². The molecule has 3 atom stereocenters. The van der Waals surface area contributed by atoms with E-state index in [-0.39, 0.29) is 36.5 Å². The highest BCUT2D eigenvalue weighted by Crippen LogP contribution is 2.29. The van der Waals surface area contributed by atoms with E-state index in [1.54, 1.807) is 52.7 Å². The Balaban J connectivity index is 0.00000384. The van der Waals surface area contributed by atoms with Gasteiger partial charge < -0.3 is 35.4 Å². The molecule has 14 heteroatoms. The van der Waals surface area contributed by atoms with E-state index in [2.05, 4.69) is 20.6 Å². The van der Waals surface area contributed by atoms with Crippen molar-refractivity contribution in [3.05, 3.63) is 71.9 Å². The van der Waals surface area contributed by atoms with Gasteiger partial charge in [-0.25, -0.2) is 14.4 Å². The number of hydrogen-bond donors (Lipinski definition) is 4. The third-order valence-corrected chi connectivity index (χ3v) is 8.02. The van der Waals surface area contributed by atoms with E-state index in [0.717, 1.165) is 11.3 Å². The Hall–Kier alpha value is -4.30. The summed E-state index contributed by atoms with van der Waals surface area (Å²) in [5.41, 5.74) is 3.92. The Kier molecular flexibility index (Phi) is 9.02. The van der Waals surface area contributed by atoms with Gasteiger partial charge in [-0.3, -0.25) is 14.0 Å². The number of piperazine rings is 1. The smallest absolute Gasteiger partial charge is 0.254 e. The van der Waals surface area contributed by atoms with Crippen LogP contribution in [0.2, 0.25) is 0 Å². The Morgan fingerprint density at radius 3 is 2.48 bits per heavy atom. The third kappa shape index (κ3) is 5.78. The minimum atomic E-state index is -1.14. The number of anilines is 2. The molecule has 2 aromatic heterocycles. The van der Waals surface area contributed by atoms with Gasteiger partial charge in [-0.2, -0.15) is 0 Å². The summed E-state index contributed by atoms with van der Waals surface area (Å²) in [6.45, 7) is 3.43. The van der Waals surface area contributed by atoms with Gasteiger partial charge in [0.2, 0.25) is 5.91 Å². The van der Waals surface area contributed by atoms with Crippen molar-refractivity contribution in [2.45, 2.75) is 25.2 Å². The zero-order chi connectivity index (χ0) is 30.2. The first-order chi connectivity index (χ1) is 20.7. The van der Waals surface area contributed by atoms with Gasteiger partial charge in [0, 0.05) is 61.9 Å². The van der Waals surface area contributed by atoms with Crippen LogP contribution < -0.4 is 15.4 Å². The second-order valence-corrected chi connectivity index (χ2v) is 10.7. The van der Waals surface area contributed by atoms with E-state index >= 15 is 0 Å². The maximum Gasteiger partial charge on any atom is 0.254 e. The number of amides is 2. The fraction of sp³-hybridized carbons (Fsp3) is 0.333. The number of hydrogen-bond acceptors (Lipinski definition) is 9. The van der Waals surface area contributed by atoms with Gasteiger partial charge in [0.15, 0.2) is 23.0 Å². The lowest BCUT2D eigenvalue weighted by Gasteiger charge is -2.36. The largest absolute Gasteiger partial charge is 0.494 e. The molecule has 0 saturated carbocycles. The minimum absolute atomic E-state index is 0. The molecular formula is C30H33ClFN7O5. The van der Waals surface area contributed by atoms with E-state index in [4.69, 9.17) is 4.74 Å². The molecule has 2 aliphatic rings. The van der Waals surface area contributed by atoms with Crippen LogP contribution in [-0.4, -0.2) is 104 Å². The molecule has 0 radical (unpaired) electrons. The summed E-state index contributed by atoms with van der Waals surface area (Å²) in [4.78, 5) is 38.4. The van der Waals surface area contributed by atoms with Crippen molar-refractivity contribution < 1.29 is 28.9 Å². The number of β-amino-alcohol motifs (C(OH)–C–C–N with tert-alkyl or cyclic N) is 1. The van der Waals surface area contributed by atoms with E-state index in [1.165, 1.54) is 13.2 Å². The van der Waals surface area contributed by atoms with Crippen molar-refractivity contribution in [1.29, 1.82) is 0 Å². The van der Waals surface area contributed by atoms with Crippen LogP contribution in [0.15, 0.2) is 55.0 Å². The highest BCUT2D eigenvalue weighted by atomic mass is 35.5. The van der Waals surface area contributed by atoms with Crippen molar-refractivity contribution in [2.24, 2.45) is 0 Å². The highest BCUT2D eigenvalue weighted by Gasteiger charge is 2.40. The maximum atomic E-state index is 14.3. The lowest BCUT2D eigenvalue weighted by molar-refractivity contribution is -0.137. The van der Waals surface area contributed by atoms with Gasteiger partial charge >= 0.3 is 0 Å². The Labute approximate surface area is 258 Å². The third-order valence-electron chi connectivity index (χ3n) is 8.02. The van der Waals surface area contributed by atoms with Crippen LogP contribution in [0.4, 0.5) is 15.9 Å². The monoisotopic (exact) mass is 625 g/mol. The number of benzene rings is 2. The Morgan fingerprint density at radius 1 is 1.07 bits per heavy atom. The normalized spacial score (nSPS) is 20.0. The van der Waals surface area contributed by atoms with Gasteiger partial charge in [-0.15, -0.1) is 12.4 Å². The first-order valence-corrected chi connectivity index (χ1v) is 14.0. The second-order valence-electron chi connectivity index (χ2n) is 10.7. The number of aliphatic hydroxyl groups is 2. The number of fused-ring (bicyclic) bond motifs is 1. The summed E-state index contributed by atoms with van der Waals surface area (Å²) in [6.07, 6.45) is 2.92. The number of aryl methyl sites for hydroxylation is 1. The van der Waals surface area contributed by atoms with Gasteiger partial charge in [0.05, 0.1) is 25.1 Å². The van der Waals surface area contributed by atoms with Crippen LogP contribution in [0, 0.1) is 12.7 Å². The summed E-state index contributed by atoms with van der Waals surface area (Å²) < 4.78 is 21.2. The zero-order valence-electron chi connectivity index (χ0n) is 24.1. The summed E-state index contributed by atoms with van der Waals surface area (Å²) in [5, 5.41) is 25.9. The second kappa shape index (κ2) is 12.7. The molecule has 0 aliphatic carbocycles. The number of methoxy groups -OCH3 is 1. The molecule has 0 unspecified atom stereocenters. The van der Waals surface area contributed by atoms with E-state index in [9.17, 15) is 24.2 Å². The molecule has 4 N–H and O–H groups in total. The number of aliphatic hydroxyl groups excluding tert-OH is 2. The highest BCUT2D eigenvalue weighted by molar-refractivity contribution is 5.96. The lowest BCUT2D eigenvalue weighted by Crippen LogP contribution is -2.56. The van der Waals surface area contributed by atoms with E-state index in [1.807, 2.05) is 17.4 Å². The van der Waals surface area contributed by atoms with Gasteiger partial charge in [-0.1, -0.05) is 0 Å². The van der Waals surface area contributed by atoms with Gasteiger partial charge in [-0.05, 0) is 48.9 Å². The molecule has 2 amide bonds. The number of carbonyl (C=O) groups excluding carboxylic acids is 2. The van der Waals surface area contributed by atoms with Crippen LogP contribution in [0.3, 0.4) is 0 Å². The topological polar surface area (TPSA) is 145 Å². The molecule has 6 rings (SSSR count). The molecule has 0 bridgehead atoms. The molecule has 232 valence electrons. The van der Waals surface area contributed by atoms with Crippen molar-refractivity contribution in [2.75, 3.05) is 45.2 Å². The molecule has 2 aromatic carbocycles. The Morgan fingerprint density at radius 2 is 1.82 bits per heavy atom. The molecule has 2 aliphatic heterocycles. The summed E-state index contributed by atoms with van der Waals surface area (Å²) >= 11 is 0. The maximum absolute atomic E-state index is 14.3. The van der Waals surface area contributed by atoms with Crippen LogP contribution >= 0.6 is 12.4 Å². The van der Waals surface area contributed by atoms with Crippen molar-refractivity contribution >= 4 is 41.4 Å². The number of ether oxygens (including phenoxy) is 1. The van der Waals surface area contributed by atoms with Crippen LogP contribution in [-0.2, 0) is 4.79 Å². The van der Waals surface area contributed by atoms with Crippen LogP contribution in [0.1, 0.15) is 15.9 Å².